The van der Waals surface area contributed by atoms with Gasteiger partial charge in [-0.3, -0.25) is 4.98 Å². The Balaban J connectivity index is 3.06. The number of carbonyl (C=O) groups excluding carboxylic acids is 2. The Kier molecular flexibility index (Phi) is 4.80. The molecule has 0 bridgehead atoms. The Morgan fingerprint density at radius 2 is 1.95 bits per heavy atom. The van der Waals surface area contributed by atoms with E-state index in [1.54, 1.807) is 39.1 Å². The van der Waals surface area contributed by atoms with Crippen molar-refractivity contribution in [2.45, 2.75) is 26.4 Å². The molecule has 0 atom stereocenters. The summed E-state index contributed by atoms with van der Waals surface area (Å²) in [7, 11) is 1.21. The first-order valence-electron chi connectivity index (χ1n) is 5.77. The smallest absolute Gasteiger partial charge is 0.346 e. The van der Waals surface area contributed by atoms with E-state index in [1.165, 1.54) is 19.4 Å². The van der Waals surface area contributed by atoms with E-state index in [-0.39, 0.29) is 5.57 Å². The van der Waals surface area contributed by atoms with Crippen molar-refractivity contribution >= 4 is 18.0 Å². The largest absolute Gasteiger partial charge is 0.465 e. The van der Waals surface area contributed by atoms with Crippen LogP contribution in [0.4, 0.5) is 0 Å². The van der Waals surface area contributed by atoms with E-state index in [0.29, 0.717) is 5.56 Å². The van der Waals surface area contributed by atoms with Gasteiger partial charge in [-0.25, -0.2) is 9.59 Å². The normalized spacial score (nSPS) is 11.9. The zero-order valence-corrected chi connectivity index (χ0v) is 11.5. The number of aromatic nitrogens is 1. The standard InChI is InChI=1S/C14H17NO4/c1-14(2,3)19-13(17)11(12(16)18-4)8-10-6-5-7-15-9-10/h5-9H,1-4H3/b11-8+. The molecule has 0 saturated carbocycles. The first-order valence-corrected chi connectivity index (χ1v) is 5.77. The number of esters is 2. The third-order valence-electron chi connectivity index (χ3n) is 2.02. The van der Waals surface area contributed by atoms with E-state index in [4.69, 9.17) is 4.74 Å². The highest BCUT2D eigenvalue weighted by atomic mass is 16.6. The zero-order valence-electron chi connectivity index (χ0n) is 11.5. The summed E-state index contributed by atoms with van der Waals surface area (Å²) >= 11 is 0. The first kappa shape index (κ1) is 14.9. The number of pyridine rings is 1. The molecule has 0 fully saturated rings. The lowest BCUT2D eigenvalue weighted by Crippen LogP contribution is -2.27. The number of rotatable bonds is 3. The zero-order chi connectivity index (χ0) is 14.5. The average Bonchev–Trinajstić information content (AvgIpc) is 2.34. The first-order chi connectivity index (χ1) is 8.83. The van der Waals surface area contributed by atoms with Crippen molar-refractivity contribution in [3.63, 3.8) is 0 Å². The highest BCUT2D eigenvalue weighted by Gasteiger charge is 2.25. The lowest BCUT2D eigenvalue weighted by atomic mass is 10.1. The molecule has 0 aliphatic carbocycles. The maximum absolute atomic E-state index is 12.0. The van der Waals surface area contributed by atoms with Crippen molar-refractivity contribution in [3.05, 3.63) is 35.7 Å². The van der Waals surface area contributed by atoms with Gasteiger partial charge in [-0.1, -0.05) is 6.07 Å². The summed E-state index contributed by atoms with van der Waals surface area (Å²) < 4.78 is 9.76. The monoisotopic (exact) mass is 263 g/mol. The van der Waals surface area contributed by atoms with Gasteiger partial charge in [-0.2, -0.15) is 0 Å². The maximum Gasteiger partial charge on any atom is 0.346 e. The van der Waals surface area contributed by atoms with Crippen LogP contribution in [-0.2, 0) is 19.1 Å². The van der Waals surface area contributed by atoms with E-state index in [1.807, 2.05) is 0 Å². The summed E-state index contributed by atoms with van der Waals surface area (Å²) in [6.07, 6.45) is 4.53. The van der Waals surface area contributed by atoms with Crippen LogP contribution >= 0.6 is 0 Å². The predicted molar refractivity (Wildman–Crippen MR) is 70.1 cm³/mol. The summed E-state index contributed by atoms with van der Waals surface area (Å²) in [6, 6.07) is 3.43. The predicted octanol–water partition coefficient (Wildman–Crippen LogP) is 1.98. The molecule has 0 amide bonds. The van der Waals surface area contributed by atoms with Crippen molar-refractivity contribution in [1.29, 1.82) is 0 Å². The SMILES string of the molecule is COC(=O)/C(=C\c1cccnc1)C(=O)OC(C)(C)C. The summed E-state index contributed by atoms with van der Waals surface area (Å²) in [5, 5.41) is 0. The van der Waals surface area contributed by atoms with Crippen molar-refractivity contribution in [2.75, 3.05) is 7.11 Å². The second-order valence-corrected chi connectivity index (χ2v) is 4.84. The second-order valence-electron chi connectivity index (χ2n) is 4.84. The van der Waals surface area contributed by atoms with Crippen LogP contribution in [0.2, 0.25) is 0 Å². The Morgan fingerprint density at radius 1 is 1.26 bits per heavy atom. The van der Waals surface area contributed by atoms with Crippen molar-refractivity contribution in [2.24, 2.45) is 0 Å². The molecule has 1 rings (SSSR count). The van der Waals surface area contributed by atoms with Gasteiger partial charge in [0.05, 0.1) is 7.11 Å². The maximum atomic E-state index is 12.0. The van der Waals surface area contributed by atoms with Gasteiger partial charge in [0.2, 0.25) is 0 Å². The molecular formula is C14H17NO4. The molecule has 0 aromatic carbocycles. The van der Waals surface area contributed by atoms with E-state index in [2.05, 4.69) is 9.72 Å². The van der Waals surface area contributed by atoms with Gasteiger partial charge in [-0.15, -0.1) is 0 Å². The Morgan fingerprint density at radius 3 is 2.42 bits per heavy atom. The minimum Gasteiger partial charge on any atom is -0.465 e. The molecule has 1 aromatic rings. The average molecular weight is 263 g/mol. The lowest BCUT2D eigenvalue weighted by Gasteiger charge is -2.19. The summed E-state index contributed by atoms with van der Waals surface area (Å²) in [6.45, 7) is 5.18. The van der Waals surface area contributed by atoms with Crippen LogP contribution < -0.4 is 0 Å². The van der Waals surface area contributed by atoms with Gasteiger partial charge in [0, 0.05) is 12.4 Å². The molecule has 102 valence electrons. The van der Waals surface area contributed by atoms with Crippen molar-refractivity contribution in [1.82, 2.24) is 4.98 Å². The molecule has 1 heterocycles. The van der Waals surface area contributed by atoms with Gasteiger partial charge < -0.3 is 9.47 Å². The summed E-state index contributed by atoms with van der Waals surface area (Å²) in [5.41, 5.74) is -0.224. The van der Waals surface area contributed by atoms with Crippen LogP contribution in [0.5, 0.6) is 0 Å². The quantitative estimate of drug-likeness (QED) is 0.361. The Hall–Kier alpha value is -2.17. The third-order valence-corrected chi connectivity index (χ3v) is 2.02. The van der Waals surface area contributed by atoms with Crippen LogP contribution in [-0.4, -0.2) is 29.6 Å². The molecule has 0 unspecified atom stereocenters. The number of nitrogens with zero attached hydrogens (tertiary/aromatic N) is 1. The topological polar surface area (TPSA) is 65.5 Å². The third kappa shape index (κ3) is 4.91. The fraction of sp³-hybridized carbons (Fsp3) is 0.357. The van der Waals surface area contributed by atoms with Crippen LogP contribution in [0.25, 0.3) is 6.08 Å². The van der Waals surface area contributed by atoms with Gasteiger partial charge in [0.25, 0.3) is 0 Å². The van der Waals surface area contributed by atoms with Gasteiger partial charge in [0.1, 0.15) is 11.2 Å². The van der Waals surface area contributed by atoms with Gasteiger partial charge >= 0.3 is 11.9 Å². The van der Waals surface area contributed by atoms with E-state index in [9.17, 15) is 9.59 Å². The molecule has 0 saturated heterocycles. The van der Waals surface area contributed by atoms with Gasteiger partial charge in [-0.05, 0) is 38.5 Å². The van der Waals surface area contributed by atoms with Crippen molar-refractivity contribution < 1.29 is 19.1 Å². The molecule has 0 aliphatic rings. The van der Waals surface area contributed by atoms with E-state index < -0.39 is 17.5 Å². The highest BCUT2D eigenvalue weighted by Crippen LogP contribution is 2.14. The van der Waals surface area contributed by atoms with Gasteiger partial charge in [0.15, 0.2) is 0 Å². The van der Waals surface area contributed by atoms with Crippen LogP contribution in [0.15, 0.2) is 30.1 Å². The lowest BCUT2D eigenvalue weighted by molar-refractivity contribution is -0.153. The van der Waals surface area contributed by atoms with Crippen molar-refractivity contribution in [3.8, 4) is 0 Å². The molecule has 5 nitrogen and oxygen atoms in total. The minimum absolute atomic E-state index is 0.162. The molecular weight excluding hydrogens is 246 g/mol. The second kappa shape index (κ2) is 6.13. The highest BCUT2D eigenvalue weighted by molar-refractivity contribution is 6.17. The van der Waals surface area contributed by atoms with Crippen LogP contribution in [0, 0.1) is 0 Å². The van der Waals surface area contributed by atoms with E-state index >= 15 is 0 Å². The Labute approximate surface area is 112 Å². The molecule has 0 N–H and O–H groups in total. The molecule has 1 aromatic heterocycles. The molecule has 5 heteroatoms. The Bertz CT molecular complexity index is 486. The number of ether oxygens (including phenoxy) is 2. The fourth-order valence-electron chi connectivity index (χ4n) is 1.27. The molecule has 19 heavy (non-hydrogen) atoms. The fourth-order valence-corrected chi connectivity index (χ4v) is 1.27. The van der Waals surface area contributed by atoms with Crippen LogP contribution in [0.1, 0.15) is 26.3 Å². The molecule has 0 spiro atoms. The molecule has 0 radical (unpaired) electrons. The molecule has 0 aliphatic heterocycles. The number of hydrogen-bond acceptors (Lipinski definition) is 5. The number of carbonyl (C=O) groups is 2. The summed E-state index contributed by atoms with van der Waals surface area (Å²) in [4.78, 5) is 27.5. The number of methoxy groups -OCH3 is 1. The summed E-state index contributed by atoms with van der Waals surface area (Å²) in [5.74, 6) is -1.46. The number of hydrogen-bond donors (Lipinski definition) is 0. The minimum atomic E-state index is -0.738. The van der Waals surface area contributed by atoms with E-state index in [0.717, 1.165) is 0 Å². The van der Waals surface area contributed by atoms with Crippen LogP contribution in [0.3, 0.4) is 0 Å².